The summed E-state index contributed by atoms with van der Waals surface area (Å²) in [6.45, 7) is 0.946. The molecule has 1 aromatic carbocycles. The van der Waals surface area contributed by atoms with E-state index >= 15 is 0 Å². The Balaban J connectivity index is 1.36. The van der Waals surface area contributed by atoms with Gasteiger partial charge in [-0.15, -0.1) is 11.3 Å². The third-order valence-corrected chi connectivity index (χ3v) is 5.70. The SMILES string of the molecule is O=C(Nc1ccn(Cc2ccc(Br)cc2)n1)c1cc(Cn2cc([N+](=O)[O-])cn2)cs1. The van der Waals surface area contributed by atoms with Crippen LogP contribution in [0.25, 0.3) is 0 Å². The van der Waals surface area contributed by atoms with E-state index in [1.54, 1.807) is 16.8 Å². The number of hydrogen-bond donors (Lipinski definition) is 1. The highest BCUT2D eigenvalue weighted by Crippen LogP contribution is 2.19. The average Bonchev–Trinajstić information content (AvgIpc) is 3.46. The normalized spacial score (nSPS) is 10.8. The Bertz CT molecular complexity index is 1200. The van der Waals surface area contributed by atoms with Gasteiger partial charge in [-0.05, 0) is 34.7 Å². The van der Waals surface area contributed by atoms with Crippen LogP contribution in [0.1, 0.15) is 20.8 Å². The zero-order valence-electron chi connectivity index (χ0n) is 15.4. The van der Waals surface area contributed by atoms with Gasteiger partial charge in [0.1, 0.15) is 12.4 Å². The number of aromatic nitrogens is 4. The maximum atomic E-state index is 12.5. The lowest BCUT2D eigenvalue weighted by atomic mass is 10.2. The van der Waals surface area contributed by atoms with Crippen molar-refractivity contribution >= 4 is 44.7 Å². The summed E-state index contributed by atoms with van der Waals surface area (Å²) < 4.78 is 4.23. The summed E-state index contributed by atoms with van der Waals surface area (Å²) >= 11 is 4.70. The Morgan fingerprint density at radius 2 is 1.93 bits per heavy atom. The van der Waals surface area contributed by atoms with Crippen molar-refractivity contribution in [1.29, 1.82) is 0 Å². The summed E-state index contributed by atoms with van der Waals surface area (Å²) in [6, 6.07) is 11.4. The van der Waals surface area contributed by atoms with E-state index in [0.717, 1.165) is 15.6 Å². The monoisotopic (exact) mass is 486 g/mol. The first-order valence-electron chi connectivity index (χ1n) is 8.80. The molecule has 9 nitrogen and oxygen atoms in total. The molecule has 0 atom stereocenters. The number of carbonyl (C=O) groups is 1. The van der Waals surface area contributed by atoms with Crippen LogP contribution in [0.2, 0.25) is 0 Å². The second kappa shape index (κ2) is 8.59. The minimum atomic E-state index is -0.494. The van der Waals surface area contributed by atoms with Crippen molar-refractivity contribution in [2.24, 2.45) is 0 Å². The Hall–Kier alpha value is -3.31. The quantitative estimate of drug-likeness (QED) is 0.311. The van der Waals surface area contributed by atoms with E-state index in [2.05, 4.69) is 31.4 Å². The highest BCUT2D eigenvalue weighted by molar-refractivity contribution is 9.10. The maximum Gasteiger partial charge on any atom is 0.307 e. The van der Waals surface area contributed by atoms with Crippen LogP contribution in [0, 0.1) is 10.1 Å². The maximum absolute atomic E-state index is 12.5. The number of nitrogens with zero attached hydrogens (tertiary/aromatic N) is 5. The molecule has 0 radical (unpaired) electrons. The molecule has 0 aliphatic rings. The Morgan fingerprint density at radius 1 is 1.17 bits per heavy atom. The van der Waals surface area contributed by atoms with Gasteiger partial charge >= 0.3 is 5.69 Å². The number of nitro groups is 1. The summed E-state index contributed by atoms with van der Waals surface area (Å²) in [6.07, 6.45) is 4.36. The van der Waals surface area contributed by atoms with E-state index in [1.165, 1.54) is 28.4 Å². The molecule has 3 heterocycles. The van der Waals surface area contributed by atoms with Crippen LogP contribution in [0.5, 0.6) is 0 Å². The van der Waals surface area contributed by atoms with Gasteiger partial charge in [0.2, 0.25) is 0 Å². The third-order valence-electron chi connectivity index (χ3n) is 4.19. The third kappa shape index (κ3) is 4.81. The molecular weight excluding hydrogens is 472 g/mol. The van der Waals surface area contributed by atoms with E-state index in [9.17, 15) is 14.9 Å². The minimum Gasteiger partial charge on any atom is -0.304 e. The fraction of sp³-hybridized carbons (Fsp3) is 0.105. The number of rotatable bonds is 7. The minimum absolute atomic E-state index is 0.0677. The van der Waals surface area contributed by atoms with Crippen LogP contribution in [0.4, 0.5) is 11.5 Å². The molecule has 0 saturated heterocycles. The summed E-state index contributed by atoms with van der Waals surface area (Å²) in [4.78, 5) is 23.3. The first-order chi connectivity index (χ1) is 14.5. The van der Waals surface area contributed by atoms with Gasteiger partial charge in [0.15, 0.2) is 5.82 Å². The first-order valence-corrected chi connectivity index (χ1v) is 10.5. The second-order valence-electron chi connectivity index (χ2n) is 6.45. The van der Waals surface area contributed by atoms with Gasteiger partial charge in [0, 0.05) is 16.7 Å². The number of carbonyl (C=O) groups excluding carboxylic acids is 1. The molecule has 4 rings (SSSR count). The predicted molar refractivity (Wildman–Crippen MR) is 116 cm³/mol. The lowest BCUT2D eigenvalue weighted by molar-refractivity contribution is -0.385. The van der Waals surface area contributed by atoms with Crippen LogP contribution in [0.3, 0.4) is 0 Å². The Morgan fingerprint density at radius 3 is 2.67 bits per heavy atom. The second-order valence-corrected chi connectivity index (χ2v) is 8.28. The molecule has 0 spiro atoms. The Kier molecular flexibility index (Phi) is 5.72. The predicted octanol–water partition coefficient (Wildman–Crippen LogP) is 4.16. The van der Waals surface area contributed by atoms with Gasteiger partial charge in [-0.3, -0.25) is 24.3 Å². The van der Waals surface area contributed by atoms with Gasteiger partial charge in [0.25, 0.3) is 5.91 Å². The molecule has 1 N–H and O–H groups in total. The number of amides is 1. The van der Waals surface area contributed by atoms with E-state index in [4.69, 9.17) is 0 Å². The van der Waals surface area contributed by atoms with E-state index in [1.807, 2.05) is 35.8 Å². The topological polar surface area (TPSA) is 108 Å². The van der Waals surface area contributed by atoms with Crippen molar-refractivity contribution in [3.63, 3.8) is 0 Å². The van der Waals surface area contributed by atoms with Crippen LogP contribution in [-0.2, 0) is 13.1 Å². The fourth-order valence-corrected chi connectivity index (χ4v) is 3.83. The van der Waals surface area contributed by atoms with Crippen molar-refractivity contribution in [2.45, 2.75) is 13.1 Å². The van der Waals surface area contributed by atoms with Crippen molar-refractivity contribution in [3.8, 4) is 0 Å². The van der Waals surface area contributed by atoms with Crippen molar-refractivity contribution in [2.75, 3.05) is 5.32 Å². The highest BCUT2D eigenvalue weighted by Gasteiger charge is 2.13. The molecule has 4 aromatic rings. The average molecular weight is 487 g/mol. The van der Waals surface area contributed by atoms with Crippen molar-refractivity contribution in [1.82, 2.24) is 19.6 Å². The van der Waals surface area contributed by atoms with E-state index in [-0.39, 0.29) is 11.6 Å². The van der Waals surface area contributed by atoms with Crippen LogP contribution >= 0.6 is 27.3 Å². The largest absolute Gasteiger partial charge is 0.307 e. The number of hydrogen-bond acceptors (Lipinski definition) is 6. The highest BCUT2D eigenvalue weighted by atomic mass is 79.9. The number of benzene rings is 1. The molecule has 0 fully saturated rings. The Labute approximate surface area is 183 Å². The molecule has 0 aliphatic carbocycles. The van der Waals surface area contributed by atoms with Gasteiger partial charge in [-0.1, -0.05) is 28.1 Å². The molecule has 1 amide bonds. The van der Waals surface area contributed by atoms with Gasteiger partial charge in [-0.25, -0.2) is 0 Å². The number of halogens is 1. The zero-order chi connectivity index (χ0) is 21.1. The fourth-order valence-electron chi connectivity index (χ4n) is 2.77. The number of anilines is 1. The molecule has 11 heteroatoms. The lowest BCUT2D eigenvalue weighted by Crippen LogP contribution is -2.11. The van der Waals surface area contributed by atoms with Crippen LogP contribution in [0.15, 0.2) is 64.8 Å². The molecule has 0 bridgehead atoms. The van der Waals surface area contributed by atoms with Crippen molar-refractivity contribution in [3.05, 3.63) is 91.0 Å². The molecule has 0 aliphatic heterocycles. The summed E-state index contributed by atoms with van der Waals surface area (Å²) in [5.74, 6) is 0.210. The first kappa shape index (κ1) is 20.0. The zero-order valence-corrected chi connectivity index (χ0v) is 17.8. The van der Waals surface area contributed by atoms with Gasteiger partial charge in [-0.2, -0.15) is 10.2 Å². The molecule has 0 unspecified atom stereocenters. The standard InChI is InChI=1S/C19H15BrN6O3S/c20-15-3-1-13(2-4-15)9-24-6-5-18(23-24)22-19(27)17-7-14(12-30-17)10-25-11-16(8-21-25)26(28)29/h1-8,11-12H,9-10H2,(H,22,23,27). The molecule has 30 heavy (non-hydrogen) atoms. The number of nitrogens with one attached hydrogen (secondary N) is 1. The molecule has 3 aromatic heterocycles. The summed E-state index contributed by atoms with van der Waals surface area (Å²) in [5, 5.41) is 23.7. The summed E-state index contributed by atoms with van der Waals surface area (Å²) in [7, 11) is 0. The molecular formula is C19H15BrN6O3S. The molecule has 0 saturated carbocycles. The van der Waals surface area contributed by atoms with Gasteiger partial charge < -0.3 is 5.32 Å². The lowest BCUT2D eigenvalue weighted by Gasteiger charge is -2.02. The van der Waals surface area contributed by atoms with Crippen molar-refractivity contribution < 1.29 is 9.72 Å². The van der Waals surface area contributed by atoms with E-state index in [0.29, 0.717) is 23.8 Å². The van der Waals surface area contributed by atoms with Crippen LogP contribution in [-0.4, -0.2) is 30.4 Å². The van der Waals surface area contributed by atoms with Gasteiger partial charge in [0.05, 0.1) is 22.9 Å². The summed E-state index contributed by atoms with van der Waals surface area (Å²) in [5.41, 5.74) is 1.87. The number of thiophene rings is 1. The van der Waals surface area contributed by atoms with E-state index < -0.39 is 4.92 Å². The molecule has 152 valence electrons. The smallest absolute Gasteiger partial charge is 0.304 e. The van der Waals surface area contributed by atoms with Crippen LogP contribution < -0.4 is 5.32 Å².